The molecule has 0 aliphatic carbocycles. The fourth-order valence-corrected chi connectivity index (χ4v) is 5.26. The summed E-state index contributed by atoms with van der Waals surface area (Å²) in [6.45, 7) is -0.0731. The Bertz CT molecular complexity index is 905. The summed E-state index contributed by atoms with van der Waals surface area (Å²) >= 11 is 0. The van der Waals surface area contributed by atoms with Gasteiger partial charge in [0.15, 0.2) is 12.4 Å². The van der Waals surface area contributed by atoms with Crippen molar-refractivity contribution in [2.45, 2.75) is 72.1 Å². The highest BCUT2D eigenvalue weighted by Crippen LogP contribution is 2.38. The van der Waals surface area contributed by atoms with E-state index < -0.39 is 88.2 Å². The normalized spacial score (nSPS) is 42.3. The molecule has 3 rings (SSSR count). The molecule has 2 heterocycles. The van der Waals surface area contributed by atoms with E-state index in [-0.39, 0.29) is 0 Å². The largest absolute Gasteiger partial charge is 0.394 e. The van der Waals surface area contributed by atoms with E-state index in [0.717, 1.165) is 12.1 Å². The van der Waals surface area contributed by atoms with E-state index in [0.29, 0.717) is 5.56 Å². The predicted molar refractivity (Wildman–Crippen MR) is 106 cm³/mol. The van der Waals surface area contributed by atoms with E-state index in [9.17, 15) is 49.3 Å². The zero-order valence-electron chi connectivity index (χ0n) is 17.4. The lowest BCUT2D eigenvalue weighted by molar-refractivity contribution is -0.363. The third-order valence-electron chi connectivity index (χ3n) is 5.76. The summed E-state index contributed by atoms with van der Waals surface area (Å²) in [5.41, 5.74) is 0.715. The first-order chi connectivity index (χ1) is 15.4. The number of hydrogen-bond acceptors (Lipinski definition) is 13. The van der Waals surface area contributed by atoms with Crippen molar-refractivity contribution in [1.29, 1.82) is 0 Å². The van der Waals surface area contributed by atoms with Crippen LogP contribution in [0, 0.1) is 6.92 Å². The molecule has 13 nitrogen and oxygen atoms in total. The van der Waals surface area contributed by atoms with Gasteiger partial charge in [0.1, 0.15) is 42.7 Å². The molecular formula is C19H28O13S. The molecule has 10 atom stereocenters. The molecule has 2 fully saturated rings. The molecule has 1 aromatic carbocycles. The smallest absolute Gasteiger partial charge is 0.306 e. The number of aliphatic hydroxyl groups is 8. The predicted octanol–water partition coefficient (Wildman–Crippen LogP) is -4.29. The van der Waals surface area contributed by atoms with Gasteiger partial charge in [0, 0.05) is 0 Å². The first-order valence-corrected chi connectivity index (χ1v) is 11.5. The van der Waals surface area contributed by atoms with Crippen molar-refractivity contribution in [2.24, 2.45) is 0 Å². The maximum absolute atomic E-state index is 13.0. The summed E-state index contributed by atoms with van der Waals surface area (Å²) in [7, 11) is -4.83. The Morgan fingerprint density at radius 2 is 1.48 bits per heavy atom. The first-order valence-electron chi connectivity index (χ1n) is 10.0. The number of benzene rings is 1. The maximum Gasteiger partial charge on any atom is 0.306 e. The summed E-state index contributed by atoms with van der Waals surface area (Å²) < 4.78 is 41.7. The quantitative estimate of drug-likeness (QED) is 0.187. The third-order valence-corrected chi connectivity index (χ3v) is 7.76. The monoisotopic (exact) mass is 496 g/mol. The minimum atomic E-state index is -4.83. The zero-order chi connectivity index (χ0) is 24.7. The Balaban J connectivity index is 1.88. The van der Waals surface area contributed by atoms with Crippen molar-refractivity contribution in [3.05, 3.63) is 29.8 Å². The van der Waals surface area contributed by atoms with E-state index in [2.05, 4.69) is 0 Å². The molecular weight excluding hydrogens is 468 g/mol. The Labute approximate surface area is 188 Å². The third kappa shape index (κ3) is 4.54. The van der Waals surface area contributed by atoms with E-state index >= 15 is 0 Å². The number of aryl methyl sites for hydroxylation is 1. The van der Waals surface area contributed by atoms with Crippen molar-refractivity contribution < 1.29 is 63.5 Å². The van der Waals surface area contributed by atoms with E-state index in [4.69, 9.17) is 14.2 Å². The van der Waals surface area contributed by atoms with E-state index in [1.807, 2.05) is 0 Å². The van der Waals surface area contributed by atoms with Crippen LogP contribution in [0.5, 0.6) is 0 Å². The van der Waals surface area contributed by atoms with Gasteiger partial charge in [-0.3, -0.25) is 0 Å². The Kier molecular flexibility index (Phi) is 7.80. The highest BCUT2D eigenvalue weighted by atomic mass is 32.2. The molecule has 33 heavy (non-hydrogen) atoms. The van der Waals surface area contributed by atoms with Gasteiger partial charge in [-0.15, -0.1) is 0 Å². The molecule has 2 aliphatic rings. The second-order valence-corrected chi connectivity index (χ2v) is 10.1. The molecule has 188 valence electrons. The van der Waals surface area contributed by atoms with Crippen LogP contribution < -0.4 is 0 Å². The van der Waals surface area contributed by atoms with Crippen molar-refractivity contribution in [1.82, 2.24) is 0 Å². The lowest BCUT2D eigenvalue weighted by Gasteiger charge is -2.48. The zero-order valence-corrected chi connectivity index (χ0v) is 18.3. The Hall–Kier alpha value is -1.27. The Morgan fingerprint density at radius 1 is 0.909 bits per heavy atom. The van der Waals surface area contributed by atoms with Gasteiger partial charge in [0.25, 0.3) is 0 Å². The summed E-state index contributed by atoms with van der Waals surface area (Å²) in [5, 5.41) is 77.4. The fraction of sp³-hybridized carbons (Fsp3) is 0.684. The summed E-state index contributed by atoms with van der Waals surface area (Å²) in [6, 6.07) is 5.21. The van der Waals surface area contributed by atoms with Crippen LogP contribution in [0.2, 0.25) is 0 Å². The van der Waals surface area contributed by atoms with Gasteiger partial charge < -0.3 is 55.1 Å². The van der Waals surface area contributed by atoms with Crippen LogP contribution in [0.3, 0.4) is 0 Å². The number of rotatable bonds is 6. The van der Waals surface area contributed by atoms with Gasteiger partial charge in [-0.05, 0) is 19.1 Å². The highest BCUT2D eigenvalue weighted by molar-refractivity contribution is 7.92. The molecule has 2 saturated heterocycles. The highest BCUT2D eigenvalue weighted by Gasteiger charge is 2.62. The van der Waals surface area contributed by atoms with Crippen molar-refractivity contribution >= 4 is 9.84 Å². The summed E-state index contributed by atoms with van der Waals surface area (Å²) in [6.07, 6.45) is -16.7. The lowest BCUT2D eigenvalue weighted by atomic mass is 9.97. The van der Waals surface area contributed by atoms with Crippen molar-refractivity contribution in [2.75, 3.05) is 13.2 Å². The van der Waals surface area contributed by atoms with Crippen LogP contribution in [-0.2, 0) is 24.0 Å². The summed E-state index contributed by atoms with van der Waals surface area (Å²) in [4.78, 5) is -0.424. The van der Waals surface area contributed by atoms with Gasteiger partial charge in [0.2, 0.25) is 9.84 Å². The number of ether oxygens (including phenoxy) is 3. The van der Waals surface area contributed by atoms with Crippen molar-refractivity contribution in [3.63, 3.8) is 0 Å². The second kappa shape index (κ2) is 9.77. The molecule has 8 N–H and O–H groups in total. The average Bonchev–Trinajstić information content (AvgIpc) is 2.79. The molecule has 1 unspecified atom stereocenters. The van der Waals surface area contributed by atoms with E-state index in [1.54, 1.807) is 6.92 Å². The van der Waals surface area contributed by atoms with Crippen LogP contribution in [0.25, 0.3) is 0 Å². The van der Waals surface area contributed by atoms with E-state index in [1.165, 1.54) is 12.1 Å². The number of sulfone groups is 1. The first kappa shape index (κ1) is 26.3. The van der Waals surface area contributed by atoms with Crippen LogP contribution in [-0.4, -0.2) is 123 Å². The average molecular weight is 496 g/mol. The maximum atomic E-state index is 13.0. The molecule has 0 bridgehead atoms. The molecule has 1 aromatic rings. The van der Waals surface area contributed by atoms with Crippen LogP contribution in [0.15, 0.2) is 29.2 Å². The standard InChI is InChI=1S/C19H28O13S/c1-8-2-4-9(5-3-8)33(28,29)19(27)17(26)15(25)16(11(7-21)32-19)31-18-14(24)13(23)12(22)10(6-20)30-18/h2-5,10-18,20-27H,6-7H2,1H3/t10-,11-,12+,13+,14-,15+,16-,17-,18+,19?/m1/s1. The van der Waals surface area contributed by atoms with Crippen LogP contribution in [0.1, 0.15) is 5.56 Å². The van der Waals surface area contributed by atoms with Gasteiger partial charge in [-0.1, -0.05) is 17.7 Å². The summed E-state index contributed by atoms with van der Waals surface area (Å²) in [5.74, 6) is 0. The van der Waals surface area contributed by atoms with Gasteiger partial charge in [0.05, 0.1) is 18.1 Å². The topological polar surface area (TPSA) is 224 Å². The molecule has 2 aliphatic heterocycles. The minimum absolute atomic E-state index is 0.424. The molecule has 0 saturated carbocycles. The van der Waals surface area contributed by atoms with Crippen molar-refractivity contribution in [3.8, 4) is 0 Å². The molecule has 14 heteroatoms. The fourth-order valence-electron chi connectivity index (χ4n) is 3.72. The minimum Gasteiger partial charge on any atom is -0.394 e. The van der Waals surface area contributed by atoms with Gasteiger partial charge in [-0.2, -0.15) is 0 Å². The SMILES string of the molecule is Cc1ccc(S(=O)(=O)C2(O)O[C@H](CO)[C@@H](O[C@@H]3O[C@H](CO)[C@H](O)[C@H](O)[C@H]3O)[C@H](O)[C@H]2O)cc1. The van der Waals surface area contributed by atoms with Gasteiger partial charge in [-0.25, -0.2) is 8.42 Å². The molecule has 0 aromatic heterocycles. The van der Waals surface area contributed by atoms with Crippen LogP contribution >= 0.6 is 0 Å². The van der Waals surface area contributed by atoms with Gasteiger partial charge >= 0.3 is 5.12 Å². The Morgan fingerprint density at radius 3 is 2.03 bits per heavy atom. The number of aliphatic hydroxyl groups excluding tert-OH is 7. The second-order valence-electron chi connectivity index (χ2n) is 8.02. The molecule has 0 radical (unpaired) electrons. The molecule has 0 spiro atoms. The number of hydrogen-bond donors (Lipinski definition) is 8. The lowest BCUT2D eigenvalue weighted by Crippen LogP contribution is -2.70. The molecule has 0 amide bonds. The van der Waals surface area contributed by atoms with Crippen LogP contribution in [0.4, 0.5) is 0 Å².